The Kier molecular flexibility index (Phi) is 4.73. The number of alkyl halides is 3. The summed E-state index contributed by atoms with van der Waals surface area (Å²) in [6.07, 6.45) is -4.62. The van der Waals surface area contributed by atoms with Crippen LogP contribution in [0.15, 0.2) is 23.6 Å². The van der Waals surface area contributed by atoms with Crippen molar-refractivity contribution in [1.82, 2.24) is 9.97 Å². The fourth-order valence-corrected chi connectivity index (χ4v) is 2.66. The van der Waals surface area contributed by atoms with Crippen LogP contribution in [-0.2, 0) is 12.7 Å². The molecular weight excluding hydrogens is 323 g/mol. The summed E-state index contributed by atoms with van der Waals surface area (Å²) in [6.45, 7) is 4.24. The molecule has 0 amide bonds. The van der Waals surface area contributed by atoms with Crippen molar-refractivity contribution >= 4 is 28.8 Å². The number of nitrogens with zero attached hydrogens (tertiary/aromatic N) is 3. The molecule has 2 aromatic rings. The number of aromatic nitrogens is 2. The van der Waals surface area contributed by atoms with E-state index in [0.29, 0.717) is 6.54 Å². The van der Waals surface area contributed by atoms with E-state index in [-0.39, 0.29) is 17.0 Å². The van der Waals surface area contributed by atoms with Crippen molar-refractivity contribution in [3.05, 3.63) is 39.4 Å². The van der Waals surface area contributed by atoms with Crippen molar-refractivity contribution < 1.29 is 13.2 Å². The molecule has 114 valence electrons. The summed E-state index contributed by atoms with van der Waals surface area (Å²) < 4.78 is 38.4. The van der Waals surface area contributed by atoms with Gasteiger partial charge in [-0.3, -0.25) is 0 Å². The molecule has 0 aromatic carbocycles. The summed E-state index contributed by atoms with van der Waals surface area (Å²) in [5.74, 6) is -1.05. The van der Waals surface area contributed by atoms with Gasteiger partial charge in [0, 0.05) is 17.0 Å². The molecule has 3 nitrogen and oxygen atoms in total. The summed E-state index contributed by atoms with van der Waals surface area (Å²) in [5, 5.41) is 1.70. The first-order valence-electron chi connectivity index (χ1n) is 6.18. The van der Waals surface area contributed by atoms with Crippen molar-refractivity contribution in [2.45, 2.75) is 32.6 Å². The molecule has 0 aliphatic heterocycles. The number of rotatable bonds is 4. The van der Waals surface area contributed by atoms with E-state index in [1.165, 1.54) is 17.4 Å². The van der Waals surface area contributed by atoms with Crippen LogP contribution >= 0.6 is 22.9 Å². The summed E-state index contributed by atoms with van der Waals surface area (Å²) in [4.78, 5) is 9.66. The standard InChI is InChI=1S/C13H13ClF3N3S/c1-8(2)20(7-9-4-3-5-21-9)11-6-10(14)18-12(19-11)13(15,16)17/h3-6,8H,7H2,1-2H3. The minimum absolute atomic E-state index is 0.0286. The van der Waals surface area contributed by atoms with Gasteiger partial charge in [-0.2, -0.15) is 13.2 Å². The van der Waals surface area contributed by atoms with Crippen molar-refractivity contribution in [2.75, 3.05) is 4.90 Å². The maximum absolute atomic E-state index is 12.8. The Morgan fingerprint density at radius 2 is 2.05 bits per heavy atom. The van der Waals surface area contributed by atoms with E-state index in [4.69, 9.17) is 11.6 Å². The van der Waals surface area contributed by atoms with E-state index in [1.54, 1.807) is 4.90 Å². The minimum atomic E-state index is -4.62. The first kappa shape index (κ1) is 16.0. The maximum atomic E-state index is 12.8. The highest BCUT2D eigenvalue weighted by molar-refractivity contribution is 7.09. The van der Waals surface area contributed by atoms with Gasteiger partial charge in [-0.15, -0.1) is 11.3 Å². The largest absolute Gasteiger partial charge is 0.451 e. The van der Waals surface area contributed by atoms with E-state index < -0.39 is 12.0 Å². The molecule has 2 aromatic heterocycles. The zero-order valence-electron chi connectivity index (χ0n) is 11.4. The second-order valence-corrected chi connectivity index (χ2v) is 6.09. The molecule has 0 atom stereocenters. The van der Waals surface area contributed by atoms with Crippen molar-refractivity contribution in [2.24, 2.45) is 0 Å². The fourth-order valence-electron chi connectivity index (χ4n) is 1.78. The van der Waals surface area contributed by atoms with Crippen molar-refractivity contribution in [1.29, 1.82) is 0 Å². The predicted molar refractivity (Wildman–Crippen MR) is 77.7 cm³/mol. The molecule has 0 saturated carbocycles. The van der Waals surface area contributed by atoms with Gasteiger partial charge in [0.25, 0.3) is 0 Å². The van der Waals surface area contributed by atoms with Gasteiger partial charge in [-0.25, -0.2) is 9.97 Å². The zero-order chi connectivity index (χ0) is 15.6. The van der Waals surface area contributed by atoms with Crippen LogP contribution in [0.3, 0.4) is 0 Å². The topological polar surface area (TPSA) is 29.0 Å². The highest BCUT2D eigenvalue weighted by Gasteiger charge is 2.36. The lowest BCUT2D eigenvalue weighted by Gasteiger charge is -2.27. The monoisotopic (exact) mass is 335 g/mol. The van der Waals surface area contributed by atoms with E-state index in [9.17, 15) is 13.2 Å². The number of hydrogen-bond donors (Lipinski definition) is 0. The van der Waals surface area contributed by atoms with Gasteiger partial charge in [0.1, 0.15) is 11.0 Å². The van der Waals surface area contributed by atoms with Crippen LogP contribution in [0.2, 0.25) is 5.15 Å². The van der Waals surface area contributed by atoms with Crippen LogP contribution in [-0.4, -0.2) is 16.0 Å². The summed E-state index contributed by atoms with van der Waals surface area (Å²) in [6, 6.07) is 5.14. The average molecular weight is 336 g/mol. The van der Waals surface area contributed by atoms with Crippen molar-refractivity contribution in [3.63, 3.8) is 0 Å². The van der Waals surface area contributed by atoms with Crippen LogP contribution in [0, 0.1) is 0 Å². The third kappa shape index (κ3) is 4.07. The highest BCUT2D eigenvalue weighted by Crippen LogP contribution is 2.30. The molecule has 2 rings (SSSR count). The van der Waals surface area contributed by atoms with E-state index in [2.05, 4.69) is 9.97 Å². The van der Waals surface area contributed by atoms with Crippen molar-refractivity contribution in [3.8, 4) is 0 Å². The van der Waals surface area contributed by atoms with Gasteiger partial charge in [0.05, 0.1) is 6.54 Å². The maximum Gasteiger partial charge on any atom is 0.451 e. The van der Waals surface area contributed by atoms with Crippen LogP contribution < -0.4 is 4.90 Å². The lowest BCUT2D eigenvalue weighted by atomic mass is 10.3. The van der Waals surface area contributed by atoms with Crippen LogP contribution in [0.1, 0.15) is 24.5 Å². The second-order valence-electron chi connectivity index (χ2n) is 4.67. The lowest BCUT2D eigenvalue weighted by molar-refractivity contribution is -0.144. The van der Waals surface area contributed by atoms with Crippen LogP contribution in [0.4, 0.5) is 19.0 Å². The molecule has 0 aliphatic carbocycles. The number of thiophene rings is 1. The minimum Gasteiger partial charge on any atom is -0.349 e. The van der Waals surface area contributed by atoms with Gasteiger partial charge >= 0.3 is 6.18 Å². The smallest absolute Gasteiger partial charge is 0.349 e. The Morgan fingerprint density at radius 1 is 1.33 bits per heavy atom. The average Bonchev–Trinajstić information content (AvgIpc) is 2.86. The number of halogens is 4. The first-order valence-corrected chi connectivity index (χ1v) is 7.44. The Balaban J connectivity index is 2.38. The van der Waals surface area contributed by atoms with Gasteiger partial charge in [-0.05, 0) is 25.3 Å². The molecule has 0 aliphatic rings. The van der Waals surface area contributed by atoms with E-state index in [0.717, 1.165) is 4.88 Å². The summed E-state index contributed by atoms with van der Waals surface area (Å²) in [5.41, 5.74) is 0. The lowest BCUT2D eigenvalue weighted by Crippen LogP contribution is -2.31. The van der Waals surface area contributed by atoms with Gasteiger partial charge in [-0.1, -0.05) is 17.7 Å². The normalized spacial score (nSPS) is 12.0. The van der Waals surface area contributed by atoms with E-state index in [1.807, 2.05) is 31.4 Å². The molecule has 0 saturated heterocycles. The Bertz CT molecular complexity index is 599. The quantitative estimate of drug-likeness (QED) is 0.763. The molecular formula is C13H13ClF3N3S. The number of anilines is 1. The van der Waals surface area contributed by atoms with Gasteiger partial charge < -0.3 is 4.90 Å². The summed E-state index contributed by atoms with van der Waals surface area (Å²) in [7, 11) is 0. The van der Waals surface area contributed by atoms with E-state index >= 15 is 0 Å². The van der Waals surface area contributed by atoms with Gasteiger partial charge in [0.2, 0.25) is 5.82 Å². The van der Waals surface area contributed by atoms with Crippen LogP contribution in [0.5, 0.6) is 0 Å². The molecule has 2 heterocycles. The summed E-state index contributed by atoms with van der Waals surface area (Å²) >= 11 is 7.25. The molecule has 0 radical (unpaired) electrons. The Hall–Kier alpha value is -1.34. The molecule has 0 spiro atoms. The SMILES string of the molecule is CC(C)N(Cc1cccs1)c1cc(Cl)nc(C(F)(F)F)n1. The van der Waals surface area contributed by atoms with Crippen LogP contribution in [0.25, 0.3) is 0 Å². The highest BCUT2D eigenvalue weighted by atomic mass is 35.5. The third-order valence-electron chi connectivity index (χ3n) is 2.76. The van der Waals surface area contributed by atoms with Gasteiger partial charge in [0.15, 0.2) is 0 Å². The number of hydrogen-bond acceptors (Lipinski definition) is 4. The first-order chi connectivity index (χ1) is 9.77. The molecule has 21 heavy (non-hydrogen) atoms. The Labute approximate surface area is 129 Å². The zero-order valence-corrected chi connectivity index (χ0v) is 12.9. The fraction of sp³-hybridized carbons (Fsp3) is 0.385. The molecule has 0 bridgehead atoms. The molecule has 0 unspecified atom stereocenters. The molecule has 0 N–H and O–H groups in total. The predicted octanol–water partition coefficient (Wildman–Crippen LogP) is 4.63. The third-order valence-corrected chi connectivity index (χ3v) is 3.81. The Morgan fingerprint density at radius 3 is 2.57 bits per heavy atom. The molecule has 8 heteroatoms. The molecule has 0 fully saturated rings. The second kappa shape index (κ2) is 6.19.